The molecule has 0 saturated heterocycles. The number of hydrogen-bond donors (Lipinski definition) is 0. The Bertz CT molecular complexity index is 422. The van der Waals surface area contributed by atoms with Gasteiger partial charge in [-0.15, -0.1) is 5.10 Å². The maximum absolute atomic E-state index is 5.14. The highest BCUT2D eigenvalue weighted by atomic mass is 16.5. The van der Waals surface area contributed by atoms with Crippen LogP contribution in [0.15, 0.2) is 36.7 Å². The monoisotopic (exact) mass is 217 g/mol. The van der Waals surface area contributed by atoms with E-state index in [-0.39, 0.29) is 6.04 Å². The summed E-state index contributed by atoms with van der Waals surface area (Å²) >= 11 is 0. The summed E-state index contributed by atoms with van der Waals surface area (Å²) in [4.78, 5) is 0. The quantitative estimate of drug-likeness (QED) is 0.788. The lowest BCUT2D eigenvalue weighted by molar-refractivity contribution is 0.414. The summed E-state index contributed by atoms with van der Waals surface area (Å²) in [6, 6.07) is 8.31. The summed E-state index contributed by atoms with van der Waals surface area (Å²) in [5.74, 6) is 0.872. The van der Waals surface area contributed by atoms with Crippen molar-refractivity contribution in [3.8, 4) is 5.75 Å². The van der Waals surface area contributed by atoms with Crippen molar-refractivity contribution in [3.05, 3.63) is 42.2 Å². The predicted molar refractivity (Wildman–Crippen MR) is 61.4 cm³/mol. The molecule has 0 aliphatic carbocycles. The molecule has 1 heterocycles. The van der Waals surface area contributed by atoms with E-state index >= 15 is 0 Å². The average molecular weight is 217 g/mol. The van der Waals surface area contributed by atoms with Crippen molar-refractivity contribution in [2.45, 2.75) is 19.4 Å². The number of methoxy groups -OCH3 is 1. The number of hydrogen-bond acceptors (Lipinski definition) is 3. The molecule has 2 aromatic rings. The Kier molecular flexibility index (Phi) is 3.19. The van der Waals surface area contributed by atoms with Crippen LogP contribution in [0, 0.1) is 0 Å². The van der Waals surface area contributed by atoms with Gasteiger partial charge in [-0.25, -0.2) is 4.68 Å². The first-order valence-electron chi connectivity index (χ1n) is 5.35. The summed E-state index contributed by atoms with van der Waals surface area (Å²) in [7, 11) is 1.67. The molecular formula is C12H15N3O. The van der Waals surface area contributed by atoms with E-state index in [9.17, 15) is 0 Å². The third kappa shape index (κ3) is 2.05. The Balaban J connectivity index is 2.27. The highest BCUT2D eigenvalue weighted by Crippen LogP contribution is 2.22. The standard InChI is InChI=1S/C12H15N3O/c1-3-12(15-9-8-13-14-15)10-4-6-11(16-2)7-5-10/h4-9,12H,3H2,1-2H3. The third-order valence-electron chi connectivity index (χ3n) is 2.65. The minimum absolute atomic E-state index is 0.244. The molecule has 0 fully saturated rings. The van der Waals surface area contributed by atoms with Crippen LogP contribution in [0.5, 0.6) is 5.75 Å². The molecule has 1 aromatic carbocycles. The number of rotatable bonds is 4. The maximum Gasteiger partial charge on any atom is 0.118 e. The van der Waals surface area contributed by atoms with Crippen molar-refractivity contribution >= 4 is 0 Å². The van der Waals surface area contributed by atoms with E-state index < -0.39 is 0 Å². The minimum atomic E-state index is 0.244. The zero-order valence-corrected chi connectivity index (χ0v) is 9.50. The summed E-state index contributed by atoms with van der Waals surface area (Å²) < 4.78 is 7.02. The molecule has 0 aliphatic heterocycles. The number of ether oxygens (including phenoxy) is 1. The number of nitrogens with zero attached hydrogens (tertiary/aromatic N) is 3. The summed E-state index contributed by atoms with van der Waals surface area (Å²) in [5.41, 5.74) is 1.22. The minimum Gasteiger partial charge on any atom is -0.497 e. The van der Waals surface area contributed by atoms with Gasteiger partial charge in [0.2, 0.25) is 0 Å². The maximum atomic E-state index is 5.14. The molecule has 16 heavy (non-hydrogen) atoms. The van der Waals surface area contributed by atoms with Gasteiger partial charge < -0.3 is 4.74 Å². The van der Waals surface area contributed by atoms with Crippen molar-refractivity contribution in [1.82, 2.24) is 15.0 Å². The van der Waals surface area contributed by atoms with Crippen LogP contribution < -0.4 is 4.74 Å². The van der Waals surface area contributed by atoms with Crippen LogP contribution in [0.4, 0.5) is 0 Å². The normalized spacial score (nSPS) is 12.4. The molecule has 1 atom stereocenters. The van der Waals surface area contributed by atoms with Crippen molar-refractivity contribution in [3.63, 3.8) is 0 Å². The van der Waals surface area contributed by atoms with Crippen LogP contribution in [-0.4, -0.2) is 22.1 Å². The first-order chi connectivity index (χ1) is 7.85. The van der Waals surface area contributed by atoms with Crippen LogP contribution in [-0.2, 0) is 0 Å². The zero-order valence-electron chi connectivity index (χ0n) is 9.50. The van der Waals surface area contributed by atoms with Gasteiger partial charge in [0.1, 0.15) is 5.75 Å². The van der Waals surface area contributed by atoms with Gasteiger partial charge in [0, 0.05) is 6.20 Å². The molecule has 0 aliphatic rings. The highest BCUT2D eigenvalue weighted by molar-refractivity contribution is 5.29. The fourth-order valence-electron chi connectivity index (χ4n) is 1.79. The Labute approximate surface area is 94.9 Å². The summed E-state index contributed by atoms with van der Waals surface area (Å²) in [6.45, 7) is 2.14. The van der Waals surface area contributed by atoms with Gasteiger partial charge in [0.25, 0.3) is 0 Å². The predicted octanol–water partition coefficient (Wildman–Crippen LogP) is 2.29. The molecule has 0 N–H and O–H groups in total. The molecule has 84 valence electrons. The molecule has 0 saturated carbocycles. The van der Waals surface area contributed by atoms with E-state index in [0.717, 1.165) is 12.2 Å². The van der Waals surface area contributed by atoms with Crippen LogP contribution in [0.2, 0.25) is 0 Å². The van der Waals surface area contributed by atoms with E-state index in [1.165, 1.54) is 5.56 Å². The van der Waals surface area contributed by atoms with Gasteiger partial charge in [-0.1, -0.05) is 24.3 Å². The smallest absolute Gasteiger partial charge is 0.118 e. The number of aromatic nitrogens is 3. The third-order valence-corrected chi connectivity index (χ3v) is 2.65. The molecule has 1 unspecified atom stereocenters. The van der Waals surface area contributed by atoms with Gasteiger partial charge in [-0.3, -0.25) is 0 Å². The Hall–Kier alpha value is -1.84. The molecule has 2 rings (SSSR count). The van der Waals surface area contributed by atoms with Crippen LogP contribution in [0.25, 0.3) is 0 Å². The van der Waals surface area contributed by atoms with Gasteiger partial charge in [0.05, 0.1) is 19.3 Å². The largest absolute Gasteiger partial charge is 0.497 e. The molecule has 4 nitrogen and oxygen atoms in total. The first kappa shape index (κ1) is 10.7. The zero-order chi connectivity index (χ0) is 11.4. The fourth-order valence-corrected chi connectivity index (χ4v) is 1.79. The van der Waals surface area contributed by atoms with Crippen LogP contribution >= 0.6 is 0 Å². The molecule has 0 bridgehead atoms. The Morgan fingerprint density at radius 2 is 2.06 bits per heavy atom. The van der Waals surface area contributed by atoms with E-state index in [4.69, 9.17) is 4.74 Å². The molecule has 1 aromatic heterocycles. The first-order valence-corrected chi connectivity index (χ1v) is 5.35. The average Bonchev–Trinajstić information content (AvgIpc) is 2.85. The Morgan fingerprint density at radius 3 is 2.56 bits per heavy atom. The second kappa shape index (κ2) is 4.79. The van der Waals surface area contributed by atoms with Gasteiger partial charge in [-0.05, 0) is 24.1 Å². The Morgan fingerprint density at radius 1 is 1.31 bits per heavy atom. The molecular weight excluding hydrogens is 202 g/mol. The second-order valence-corrected chi connectivity index (χ2v) is 3.58. The summed E-state index contributed by atoms with van der Waals surface area (Å²) in [6.07, 6.45) is 4.57. The van der Waals surface area contributed by atoms with Gasteiger partial charge in [-0.2, -0.15) is 0 Å². The van der Waals surface area contributed by atoms with Crippen molar-refractivity contribution in [2.75, 3.05) is 7.11 Å². The van der Waals surface area contributed by atoms with Crippen molar-refractivity contribution < 1.29 is 4.74 Å². The van der Waals surface area contributed by atoms with Crippen LogP contribution in [0.3, 0.4) is 0 Å². The lowest BCUT2D eigenvalue weighted by Crippen LogP contribution is -2.10. The summed E-state index contributed by atoms with van der Waals surface area (Å²) in [5, 5.41) is 7.88. The second-order valence-electron chi connectivity index (χ2n) is 3.58. The van der Waals surface area contributed by atoms with E-state index in [1.807, 2.05) is 23.0 Å². The molecule has 0 amide bonds. The van der Waals surface area contributed by atoms with Gasteiger partial charge >= 0.3 is 0 Å². The van der Waals surface area contributed by atoms with E-state index in [2.05, 4.69) is 29.4 Å². The lowest BCUT2D eigenvalue weighted by Gasteiger charge is -2.15. The van der Waals surface area contributed by atoms with Gasteiger partial charge in [0.15, 0.2) is 0 Å². The van der Waals surface area contributed by atoms with Crippen LogP contribution in [0.1, 0.15) is 24.9 Å². The van der Waals surface area contributed by atoms with E-state index in [0.29, 0.717) is 0 Å². The van der Waals surface area contributed by atoms with E-state index in [1.54, 1.807) is 13.3 Å². The van der Waals surface area contributed by atoms with Crippen molar-refractivity contribution in [1.29, 1.82) is 0 Å². The topological polar surface area (TPSA) is 39.9 Å². The molecule has 0 radical (unpaired) electrons. The molecule has 0 spiro atoms. The molecule has 4 heteroatoms. The highest BCUT2D eigenvalue weighted by Gasteiger charge is 2.11. The van der Waals surface area contributed by atoms with Crippen molar-refractivity contribution in [2.24, 2.45) is 0 Å². The SMILES string of the molecule is CCC(c1ccc(OC)cc1)n1ccnn1. The lowest BCUT2D eigenvalue weighted by atomic mass is 10.0. The number of benzene rings is 1. The fraction of sp³-hybridized carbons (Fsp3) is 0.333.